The first-order valence-corrected chi connectivity index (χ1v) is 8.38. The van der Waals surface area contributed by atoms with Crippen molar-refractivity contribution in [2.24, 2.45) is 7.05 Å². The Hall–Kier alpha value is -3.22. The number of rotatable bonds is 3. The van der Waals surface area contributed by atoms with Crippen molar-refractivity contribution < 1.29 is 9.53 Å². The summed E-state index contributed by atoms with van der Waals surface area (Å²) >= 11 is 0. The van der Waals surface area contributed by atoms with Crippen molar-refractivity contribution in [3.63, 3.8) is 0 Å². The minimum Gasteiger partial charge on any atom is -0.480 e. The summed E-state index contributed by atoms with van der Waals surface area (Å²) in [6.45, 7) is 4.10. The van der Waals surface area contributed by atoms with Crippen LogP contribution in [0.4, 0.5) is 5.69 Å². The molecule has 0 saturated heterocycles. The van der Waals surface area contributed by atoms with Crippen LogP contribution in [0, 0.1) is 13.8 Å². The zero-order valence-electron chi connectivity index (χ0n) is 14.9. The van der Waals surface area contributed by atoms with Gasteiger partial charge in [0.15, 0.2) is 11.9 Å². The second kappa shape index (κ2) is 6.25. The Morgan fingerprint density at radius 1 is 1.23 bits per heavy atom. The Morgan fingerprint density at radius 2 is 2.04 bits per heavy atom. The predicted octanol–water partition coefficient (Wildman–Crippen LogP) is 2.44. The molecule has 3 heterocycles. The number of pyridine rings is 1. The Morgan fingerprint density at radius 3 is 2.81 bits per heavy atom. The van der Waals surface area contributed by atoms with Gasteiger partial charge in [-0.25, -0.2) is 0 Å². The van der Waals surface area contributed by atoms with Crippen molar-refractivity contribution in [2.45, 2.75) is 26.4 Å². The highest BCUT2D eigenvalue weighted by atomic mass is 16.5. The Kier molecular flexibility index (Phi) is 3.91. The zero-order valence-corrected chi connectivity index (χ0v) is 14.9. The van der Waals surface area contributed by atoms with Crippen molar-refractivity contribution in [3.8, 4) is 17.1 Å². The van der Waals surface area contributed by atoms with Crippen LogP contribution in [0.2, 0.25) is 0 Å². The molecule has 0 aliphatic carbocycles. The Balaban J connectivity index is 1.50. The maximum Gasteiger partial charge on any atom is 0.265 e. The quantitative estimate of drug-likeness (QED) is 0.785. The van der Waals surface area contributed by atoms with Crippen LogP contribution in [0.5, 0.6) is 5.75 Å². The molecule has 3 aromatic rings. The minimum absolute atomic E-state index is 0.187. The third-order valence-corrected chi connectivity index (χ3v) is 4.62. The van der Waals surface area contributed by atoms with Crippen LogP contribution in [-0.2, 0) is 18.3 Å². The highest BCUT2D eigenvalue weighted by Gasteiger charge is 2.29. The van der Waals surface area contributed by atoms with E-state index in [2.05, 4.69) is 33.5 Å². The van der Waals surface area contributed by atoms with Gasteiger partial charge < -0.3 is 14.6 Å². The normalized spacial score (nSPS) is 15.4. The van der Waals surface area contributed by atoms with Crippen LogP contribution in [0.15, 0.2) is 36.9 Å². The third kappa shape index (κ3) is 2.92. The maximum atomic E-state index is 12.6. The second-order valence-electron chi connectivity index (χ2n) is 6.57. The fourth-order valence-electron chi connectivity index (χ4n) is 3.06. The van der Waals surface area contributed by atoms with E-state index in [1.807, 2.05) is 26.1 Å². The summed E-state index contributed by atoms with van der Waals surface area (Å²) in [7, 11) is 1.86. The Bertz CT molecular complexity index is 964. The SMILES string of the molecule is Cc1cc2c(cc1C)O[C@@H](C(=O)Nc1cncc(-c3nncn3C)c1)C2. The number of nitrogens with zero attached hydrogens (tertiary/aromatic N) is 4. The highest BCUT2D eigenvalue weighted by molar-refractivity contribution is 5.95. The molecule has 1 aliphatic rings. The first-order valence-electron chi connectivity index (χ1n) is 8.38. The molecule has 1 amide bonds. The highest BCUT2D eigenvalue weighted by Crippen LogP contribution is 2.32. The number of anilines is 1. The lowest BCUT2D eigenvalue weighted by atomic mass is 10.0. The minimum atomic E-state index is -0.537. The third-order valence-electron chi connectivity index (χ3n) is 4.62. The molecule has 0 fully saturated rings. The topological polar surface area (TPSA) is 81.9 Å². The van der Waals surface area contributed by atoms with Gasteiger partial charge in [0, 0.05) is 25.2 Å². The molecule has 1 aliphatic heterocycles. The smallest absolute Gasteiger partial charge is 0.265 e. The van der Waals surface area contributed by atoms with Crippen LogP contribution in [0.25, 0.3) is 11.4 Å². The molecule has 7 heteroatoms. The van der Waals surface area contributed by atoms with Gasteiger partial charge in [-0.2, -0.15) is 0 Å². The van der Waals surface area contributed by atoms with Crippen LogP contribution in [0.3, 0.4) is 0 Å². The molecule has 0 spiro atoms. The summed E-state index contributed by atoms with van der Waals surface area (Å²) in [5.74, 6) is 1.29. The first kappa shape index (κ1) is 16.3. The van der Waals surface area contributed by atoms with Crippen molar-refractivity contribution in [3.05, 3.63) is 53.6 Å². The van der Waals surface area contributed by atoms with E-state index in [0.717, 1.165) is 22.4 Å². The number of fused-ring (bicyclic) bond motifs is 1. The summed E-state index contributed by atoms with van der Waals surface area (Å²) in [6.07, 6.45) is 4.94. The lowest BCUT2D eigenvalue weighted by molar-refractivity contribution is -0.122. The summed E-state index contributed by atoms with van der Waals surface area (Å²) < 4.78 is 7.64. The number of benzene rings is 1. The van der Waals surface area contributed by atoms with E-state index in [-0.39, 0.29) is 5.91 Å². The van der Waals surface area contributed by atoms with Gasteiger partial charge in [0.25, 0.3) is 5.91 Å². The van der Waals surface area contributed by atoms with E-state index in [4.69, 9.17) is 4.74 Å². The standard InChI is InChI=1S/C19H19N5O2/c1-11-4-13-7-17(26-16(13)5-12(11)2)19(25)22-15-6-14(8-20-9-15)18-23-21-10-24(18)3/h4-6,8-10,17H,7H2,1-3H3,(H,22,25)/t17-/m1/s1. The lowest BCUT2D eigenvalue weighted by Gasteiger charge is -2.12. The van der Waals surface area contributed by atoms with Gasteiger partial charge in [-0.3, -0.25) is 9.78 Å². The average molecular weight is 349 g/mol. The molecule has 1 N–H and O–H groups in total. The van der Waals surface area contributed by atoms with E-state index < -0.39 is 6.10 Å². The number of aromatic nitrogens is 4. The zero-order chi connectivity index (χ0) is 18.3. The van der Waals surface area contributed by atoms with Gasteiger partial charge in [0.05, 0.1) is 11.9 Å². The van der Waals surface area contributed by atoms with Gasteiger partial charge in [-0.1, -0.05) is 6.07 Å². The van der Waals surface area contributed by atoms with Gasteiger partial charge in [0.1, 0.15) is 12.1 Å². The van der Waals surface area contributed by atoms with Crippen LogP contribution >= 0.6 is 0 Å². The first-order chi connectivity index (χ1) is 12.5. The number of nitrogens with one attached hydrogen (secondary N) is 1. The molecule has 0 radical (unpaired) electrons. The number of aryl methyl sites for hydroxylation is 3. The lowest BCUT2D eigenvalue weighted by Crippen LogP contribution is -2.31. The molecule has 0 saturated carbocycles. The van der Waals surface area contributed by atoms with Crippen molar-refractivity contribution in [1.29, 1.82) is 0 Å². The van der Waals surface area contributed by atoms with Crippen molar-refractivity contribution >= 4 is 11.6 Å². The number of hydrogen-bond acceptors (Lipinski definition) is 5. The van der Waals surface area contributed by atoms with Crippen molar-refractivity contribution in [1.82, 2.24) is 19.7 Å². The fraction of sp³-hybridized carbons (Fsp3) is 0.263. The summed E-state index contributed by atoms with van der Waals surface area (Å²) in [6, 6.07) is 5.91. The molecule has 1 atom stereocenters. The van der Waals surface area contributed by atoms with Gasteiger partial charge in [-0.05, 0) is 42.7 Å². The monoisotopic (exact) mass is 349 g/mol. The summed E-state index contributed by atoms with van der Waals surface area (Å²) in [5, 5.41) is 10.8. The molecular formula is C19H19N5O2. The van der Waals surface area contributed by atoms with Gasteiger partial charge in [-0.15, -0.1) is 10.2 Å². The van der Waals surface area contributed by atoms with E-state index in [0.29, 0.717) is 17.9 Å². The molecule has 1 aromatic carbocycles. The largest absolute Gasteiger partial charge is 0.480 e. The number of amides is 1. The van der Waals surface area contributed by atoms with Gasteiger partial charge in [0.2, 0.25) is 0 Å². The predicted molar refractivity (Wildman–Crippen MR) is 96.9 cm³/mol. The van der Waals surface area contributed by atoms with E-state index in [1.54, 1.807) is 23.3 Å². The van der Waals surface area contributed by atoms with E-state index >= 15 is 0 Å². The van der Waals surface area contributed by atoms with Gasteiger partial charge >= 0.3 is 0 Å². The molecular weight excluding hydrogens is 330 g/mol. The molecule has 2 aromatic heterocycles. The maximum absolute atomic E-state index is 12.6. The molecule has 0 bridgehead atoms. The molecule has 4 rings (SSSR count). The van der Waals surface area contributed by atoms with Crippen LogP contribution < -0.4 is 10.1 Å². The molecule has 26 heavy (non-hydrogen) atoms. The number of ether oxygens (including phenoxy) is 1. The summed E-state index contributed by atoms with van der Waals surface area (Å²) in [5.41, 5.74) is 4.81. The summed E-state index contributed by atoms with van der Waals surface area (Å²) in [4.78, 5) is 16.8. The Labute approximate surface area is 151 Å². The van der Waals surface area contributed by atoms with Crippen LogP contribution in [0.1, 0.15) is 16.7 Å². The van der Waals surface area contributed by atoms with E-state index in [9.17, 15) is 4.79 Å². The molecule has 132 valence electrons. The van der Waals surface area contributed by atoms with E-state index in [1.165, 1.54) is 5.56 Å². The molecule has 7 nitrogen and oxygen atoms in total. The fourth-order valence-corrected chi connectivity index (χ4v) is 3.06. The van der Waals surface area contributed by atoms with Crippen molar-refractivity contribution in [2.75, 3.05) is 5.32 Å². The molecule has 0 unspecified atom stereocenters. The number of hydrogen-bond donors (Lipinski definition) is 1. The number of carbonyl (C=O) groups is 1. The average Bonchev–Trinajstić information content (AvgIpc) is 3.21. The number of carbonyl (C=O) groups excluding carboxylic acids is 1. The van der Waals surface area contributed by atoms with Crippen LogP contribution in [-0.4, -0.2) is 31.8 Å². The second-order valence-corrected chi connectivity index (χ2v) is 6.57.